The number of methoxy groups -OCH3 is 1. The second-order valence-corrected chi connectivity index (χ2v) is 8.15. The molecular weight excluding hydrogens is 408 g/mol. The largest absolute Gasteiger partial charge is 0.465 e. The van der Waals surface area contributed by atoms with Gasteiger partial charge >= 0.3 is 5.97 Å². The van der Waals surface area contributed by atoms with Gasteiger partial charge in [0.1, 0.15) is 5.00 Å². The maximum atomic E-state index is 13.0. The van der Waals surface area contributed by atoms with Gasteiger partial charge in [0.2, 0.25) is 6.79 Å². The minimum atomic E-state index is -0.595. The number of esters is 1. The second kappa shape index (κ2) is 8.35. The molecule has 1 aromatic heterocycles. The van der Waals surface area contributed by atoms with Crippen molar-refractivity contribution in [1.29, 1.82) is 0 Å². The number of likely N-dealkylation sites (tertiary alicyclic amines) is 1. The highest BCUT2D eigenvalue weighted by atomic mass is 32.1. The first-order chi connectivity index (χ1) is 14.5. The molecule has 0 bridgehead atoms. The van der Waals surface area contributed by atoms with Gasteiger partial charge < -0.3 is 24.4 Å². The van der Waals surface area contributed by atoms with E-state index in [9.17, 15) is 14.4 Å². The van der Waals surface area contributed by atoms with Crippen molar-refractivity contribution in [3.63, 3.8) is 0 Å². The fourth-order valence-electron chi connectivity index (χ4n) is 3.61. The van der Waals surface area contributed by atoms with Crippen LogP contribution in [0.1, 0.15) is 55.2 Å². The molecule has 1 aromatic carbocycles. The lowest BCUT2D eigenvalue weighted by molar-refractivity contribution is 0.0601. The number of ether oxygens (including phenoxy) is 3. The van der Waals surface area contributed by atoms with Crippen LogP contribution in [0.2, 0.25) is 0 Å². The first-order valence-electron chi connectivity index (χ1n) is 9.71. The molecule has 0 radical (unpaired) electrons. The molecule has 0 unspecified atom stereocenters. The maximum absolute atomic E-state index is 13.0. The Morgan fingerprint density at radius 1 is 1.10 bits per heavy atom. The van der Waals surface area contributed by atoms with Gasteiger partial charge in [-0.25, -0.2) is 4.79 Å². The molecule has 2 aliphatic rings. The number of carbonyl (C=O) groups is 3. The summed E-state index contributed by atoms with van der Waals surface area (Å²) in [6, 6.07) is 4.85. The number of nitrogens with one attached hydrogen (secondary N) is 1. The first-order valence-corrected chi connectivity index (χ1v) is 10.5. The minimum absolute atomic E-state index is 0.110. The number of thiophene rings is 1. The Bertz CT molecular complexity index is 1010. The Morgan fingerprint density at radius 3 is 2.57 bits per heavy atom. The molecule has 0 saturated carbocycles. The summed E-state index contributed by atoms with van der Waals surface area (Å²) < 4.78 is 15.5. The summed E-state index contributed by atoms with van der Waals surface area (Å²) in [5.74, 6) is -0.0765. The predicted octanol–water partition coefficient (Wildman–Crippen LogP) is 3.45. The van der Waals surface area contributed by atoms with E-state index < -0.39 is 11.9 Å². The average molecular weight is 430 g/mol. The van der Waals surface area contributed by atoms with Gasteiger partial charge in [-0.05, 0) is 49.9 Å². The molecule has 8 nitrogen and oxygen atoms in total. The quantitative estimate of drug-likeness (QED) is 0.747. The minimum Gasteiger partial charge on any atom is -0.465 e. The molecule has 1 N–H and O–H groups in total. The van der Waals surface area contributed by atoms with Crippen molar-refractivity contribution in [2.45, 2.75) is 26.2 Å². The third-order valence-corrected chi connectivity index (χ3v) is 6.43. The number of hydrogen-bond donors (Lipinski definition) is 1. The van der Waals surface area contributed by atoms with Crippen molar-refractivity contribution in [2.75, 3.05) is 32.3 Å². The Morgan fingerprint density at radius 2 is 1.83 bits per heavy atom. The first kappa shape index (κ1) is 20.2. The standard InChI is InChI=1S/C21H22N2O6S/c1-12-16(21(26)27-2)19(30-17(12)20(25)23-8-4-3-5-9-23)22-18(24)13-6-7-14-15(10-13)29-11-28-14/h6-7,10H,3-5,8-9,11H2,1-2H3,(H,22,24). The molecule has 30 heavy (non-hydrogen) atoms. The van der Waals surface area contributed by atoms with E-state index in [4.69, 9.17) is 14.2 Å². The van der Waals surface area contributed by atoms with Crippen LogP contribution >= 0.6 is 11.3 Å². The Balaban J connectivity index is 1.63. The summed E-state index contributed by atoms with van der Waals surface area (Å²) in [5, 5.41) is 3.06. The highest BCUT2D eigenvalue weighted by Gasteiger charge is 2.29. The number of nitrogens with zero attached hydrogens (tertiary/aromatic N) is 1. The van der Waals surface area contributed by atoms with Crippen LogP contribution in [-0.4, -0.2) is 49.7 Å². The third kappa shape index (κ3) is 3.72. The Kier molecular flexibility index (Phi) is 5.63. The normalized spacial score (nSPS) is 15.1. The van der Waals surface area contributed by atoms with Crippen molar-refractivity contribution in [1.82, 2.24) is 4.90 Å². The van der Waals surface area contributed by atoms with E-state index in [1.165, 1.54) is 7.11 Å². The van der Waals surface area contributed by atoms with E-state index in [0.717, 1.165) is 30.6 Å². The van der Waals surface area contributed by atoms with Crippen LogP contribution in [0.15, 0.2) is 18.2 Å². The van der Waals surface area contributed by atoms with Gasteiger partial charge in [-0.1, -0.05) is 0 Å². The van der Waals surface area contributed by atoms with Crippen LogP contribution in [-0.2, 0) is 4.74 Å². The molecule has 1 saturated heterocycles. The number of fused-ring (bicyclic) bond motifs is 1. The average Bonchev–Trinajstić information content (AvgIpc) is 3.37. The highest BCUT2D eigenvalue weighted by molar-refractivity contribution is 7.18. The van der Waals surface area contributed by atoms with Crippen LogP contribution < -0.4 is 14.8 Å². The molecule has 0 atom stereocenters. The number of amides is 2. The van der Waals surface area contributed by atoms with Crippen molar-refractivity contribution in [2.24, 2.45) is 0 Å². The van der Waals surface area contributed by atoms with Crippen LogP contribution in [0.4, 0.5) is 5.00 Å². The Labute approximate surface area is 177 Å². The van der Waals surface area contributed by atoms with Crippen LogP contribution in [0.3, 0.4) is 0 Å². The molecule has 3 heterocycles. The molecule has 0 aliphatic carbocycles. The molecule has 2 aliphatic heterocycles. The second-order valence-electron chi connectivity index (χ2n) is 7.13. The summed E-state index contributed by atoms with van der Waals surface area (Å²) in [7, 11) is 1.27. The summed E-state index contributed by atoms with van der Waals surface area (Å²) >= 11 is 1.10. The van der Waals surface area contributed by atoms with Gasteiger partial charge in [-0.2, -0.15) is 0 Å². The number of piperidine rings is 1. The lowest BCUT2D eigenvalue weighted by Gasteiger charge is -2.26. The molecule has 158 valence electrons. The maximum Gasteiger partial charge on any atom is 0.341 e. The van der Waals surface area contributed by atoms with Crippen molar-refractivity contribution >= 4 is 34.1 Å². The van der Waals surface area contributed by atoms with Gasteiger partial charge in [0.25, 0.3) is 11.8 Å². The van der Waals surface area contributed by atoms with Gasteiger partial charge in [-0.15, -0.1) is 11.3 Å². The summed E-state index contributed by atoms with van der Waals surface area (Å²) in [4.78, 5) is 40.5. The summed E-state index contributed by atoms with van der Waals surface area (Å²) in [5.41, 5.74) is 1.07. The lowest BCUT2D eigenvalue weighted by atomic mass is 10.1. The van der Waals surface area contributed by atoms with E-state index in [-0.39, 0.29) is 18.3 Å². The predicted molar refractivity (Wildman–Crippen MR) is 111 cm³/mol. The number of carbonyl (C=O) groups excluding carboxylic acids is 3. The van der Waals surface area contributed by atoms with E-state index in [1.807, 2.05) is 0 Å². The molecule has 2 amide bonds. The monoisotopic (exact) mass is 430 g/mol. The van der Waals surface area contributed by atoms with Gasteiger partial charge in [0.05, 0.1) is 17.6 Å². The molecular formula is C21H22N2O6S. The van der Waals surface area contributed by atoms with Gasteiger partial charge in [0, 0.05) is 18.7 Å². The zero-order valence-corrected chi connectivity index (χ0v) is 17.6. The SMILES string of the molecule is COC(=O)c1c(NC(=O)c2ccc3c(c2)OCO3)sc(C(=O)N2CCCCC2)c1C. The fraction of sp³-hybridized carbons (Fsp3) is 0.381. The van der Waals surface area contributed by atoms with Crippen molar-refractivity contribution in [3.05, 3.63) is 39.8 Å². The van der Waals surface area contributed by atoms with Crippen LogP contribution in [0.5, 0.6) is 11.5 Å². The van der Waals surface area contributed by atoms with E-state index in [2.05, 4.69) is 5.32 Å². The van der Waals surface area contributed by atoms with E-state index in [1.54, 1.807) is 30.0 Å². The number of anilines is 1. The Hall–Kier alpha value is -3.07. The van der Waals surface area contributed by atoms with Crippen LogP contribution in [0.25, 0.3) is 0 Å². The molecule has 1 fully saturated rings. The smallest absolute Gasteiger partial charge is 0.341 e. The third-order valence-electron chi connectivity index (χ3n) is 5.24. The molecule has 9 heteroatoms. The zero-order chi connectivity index (χ0) is 21.3. The zero-order valence-electron chi connectivity index (χ0n) is 16.8. The molecule has 0 spiro atoms. The lowest BCUT2D eigenvalue weighted by Crippen LogP contribution is -2.35. The van der Waals surface area contributed by atoms with E-state index >= 15 is 0 Å². The van der Waals surface area contributed by atoms with Gasteiger partial charge in [-0.3, -0.25) is 9.59 Å². The number of rotatable bonds is 4. The highest BCUT2D eigenvalue weighted by Crippen LogP contribution is 2.36. The topological polar surface area (TPSA) is 94.2 Å². The fourth-order valence-corrected chi connectivity index (χ4v) is 4.76. The molecule has 4 rings (SSSR count). The van der Waals surface area contributed by atoms with Crippen molar-refractivity contribution in [3.8, 4) is 11.5 Å². The number of benzene rings is 1. The number of hydrogen-bond acceptors (Lipinski definition) is 7. The summed E-state index contributed by atoms with van der Waals surface area (Å²) in [6.45, 7) is 3.21. The van der Waals surface area contributed by atoms with Crippen LogP contribution in [0, 0.1) is 6.92 Å². The van der Waals surface area contributed by atoms with Gasteiger partial charge in [0.15, 0.2) is 11.5 Å². The summed E-state index contributed by atoms with van der Waals surface area (Å²) in [6.07, 6.45) is 3.04. The van der Waals surface area contributed by atoms with Crippen molar-refractivity contribution < 1.29 is 28.6 Å². The van der Waals surface area contributed by atoms with E-state index in [0.29, 0.717) is 45.6 Å². The molecule has 2 aromatic rings.